The molecule has 0 aliphatic rings. The number of quaternary nitrogens is 1. The topological polar surface area (TPSA) is 112 Å². The number of thiol groups is 1. The Morgan fingerprint density at radius 3 is 2.82 bits per heavy atom. The zero-order valence-electron chi connectivity index (χ0n) is 11.9. The van der Waals surface area contributed by atoms with Crippen LogP contribution in [0.2, 0.25) is 0 Å². The number of hydrogen-bond donors (Lipinski definition) is 4. The lowest BCUT2D eigenvalue weighted by Gasteiger charge is -2.15. The molecule has 0 saturated heterocycles. The van der Waals surface area contributed by atoms with Gasteiger partial charge in [0.05, 0.1) is 6.61 Å². The summed E-state index contributed by atoms with van der Waals surface area (Å²) in [5.41, 5.74) is 0.802. The van der Waals surface area contributed by atoms with Crippen molar-refractivity contribution >= 4 is 24.5 Å². The van der Waals surface area contributed by atoms with E-state index in [1.807, 2.05) is 0 Å². The maximum Gasteiger partial charge on any atom is 0.329 e. The van der Waals surface area contributed by atoms with Gasteiger partial charge in [0, 0.05) is 11.3 Å². The van der Waals surface area contributed by atoms with E-state index in [1.165, 1.54) is 6.07 Å². The summed E-state index contributed by atoms with van der Waals surface area (Å²) in [5.74, 6) is -0.938. The van der Waals surface area contributed by atoms with Gasteiger partial charge in [0.1, 0.15) is 12.6 Å². The van der Waals surface area contributed by atoms with Crippen LogP contribution in [0.1, 0.15) is 22.8 Å². The molecule has 8 nitrogen and oxygen atoms in total. The highest BCUT2D eigenvalue weighted by molar-refractivity contribution is 7.80. The first kappa shape index (κ1) is 18.4. The van der Waals surface area contributed by atoms with Gasteiger partial charge in [0.2, 0.25) is 0 Å². The fourth-order valence-corrected chi connectivity index (χ4v) is 1.85. The summed E-state index contributed by atoms with van der Waals surface area (Å²) in [6.45, 7) is 1.71. The van der Waals surface area contributed by atoms with Crippen molar-refractivity contribution in [3.8, 4) is 0 Å². The second-order valence-corrected chi connectivity index (χ2v) is 4.58. The van der Waals surface area contributed by atoms with Crippen LogP contribution < -0.4 is 10.7 Å². The van der Waals surface area contributed by atoms with E-state index in [4.69, 9.17) is 9.94 Å². The van der Waals surface area contributed by atoms with Crippen molar-refractivity contribution in [3.63, 3.8) is 0 Å². The fraction of sp³-hybridized carbons (Fsp3) is 0.385. The third kappa shape index (κ3) is 6.00. The molecule has 122 valence electrons. The first-order valence-electron chi connectivity index (χ1n) is 6.51. The first-order valence-corrected chi connectivity index (χ1v) is 7.14. The molecule has 1 amide bonds. The maximum absolute atomic E-state index is 12.1. The van der Waals surface area contributed by atoms with Crippen LogP contribution in [0.5, 0.6) is 0 Å². The average Bonchev–Trinajstić information content (AvgIpc) is 2.50. The molecule has 0 saturated carbocycles. The van der Waals surface area contributed by atoms with Gasteiger partial charge in [-0.2, -0.15) is 22.7 Å². The number of carbonyl (C=O) groups excluding carboxylic acids is 2. The highest BCUT2D eigenvalue weighted by atomic mass is 32.1. The smallest absolute Gasteiger partial charge is 0.329 e. The van der Waals surface area contributed by atoms with Gasteiger partial charge in [0.25, 0.3) is 5.91 Å². The fourth-order valence-electron chi connectivity index (χ4n) is 1.61. The van der Waals surface area contributed by atoms with Crippen LogP contribution in [-0.4, -0.2) is 35.5 Å². The highest BCUT2D eigenvalue weighted by Gasteiger charge is 2.21. The Morgan fingerprint density at radius 1 is 1.50 bits per heavy atom. The Kier molecular flexibility index (Phi) is 7.85. The van der Waals surface area contributed by atoms with E-state index < -0.39 is 23.3 Å². The number of nitrogens with one attached hydrogen (secondary N) is 2. The molecule has 0 aromatic heterocycles. The summed E-state index contributed by atoms with van der Waals surface area (Å²) in [4.78, 5) is 28.2. The maximum atomic E-state index is 12.1. The summed E-state index contributed by atoms with van der Waals surface area (Å²) >= 11 is 4.01. The van der Waals surface area contributed by atoms with E-state index in [0.717, 1.165) is 0 Å². The zero-order valence-corrected chi connectivity index (χ0v) is 12.8. The second kappa shape index (κ2) is 9.38. The van der Waals surface area contributed by atoms with E-state index in [-0.39, 0.29) is 24.5 Å². The Labute approximate surface area is 132 Å². The summed E-state index contributed by atoms with van der Waals surface area (Å²) in [6.07, 6.45) is 0. The van der Waals surface area contributed by atoms with Crippen LogP contribution in [0, 0.1) is 5.21 Å². The lowest BCUT2D eigenvalue weighted by atomic mass is 10.1. The van der Waals surface area contributed by atoms with Gasteiger partial charge in [0.15, 0.2) is 0 Å². The van der Waals surface area contributed by atoms with Crippen LogP contribution in [0.3, 0.4) is 0 Å². The van der Waals surface area contributed by atoms with Gasteiger partial charge in [-0.3, -0.25) is 4.79 Å². The molecule has 1 unspecified atom stereocenters. The summed E-state index contributed by atoms with van der Waals surface area (Å²) in [7, 11) is 0. The van der Waals surface area contributed by atoms with Crippen molar-refractivity contribution < 1.29 is 29.8 Å². The molecule has 0 spiro atoms. The van der Waals surface area contributed by atoms with Gasteiger partial charge in [-0.1, -0.05) is 17.5 Å². The molecule has 1 aromatic carbocycles. The number of hydrogen-bond acceptors (Lipinski definition) is 7. The summed E-state index contributed by atoms with van der Waals surface area (Å²) in [6, 6.07) is 5.39. The lowest BCUT2D eigenvalue weighted by molar-refractivity contribution is -1.21. The number of benzene rings is 1. The largest absolute Gasteiger partial charge is 0.566 e. The predicted octanol–water partition coefficient (Wildman–Crippen LogP) is -0.519. The molecular weight excluding hydrogens is 312 g/mol. The molecule has 2 atom stereocenters. The Balaban J connectivity index is 2.71. The monoisotopic (exact) mass is 330 g/mol. The highest BCUT2D eigenvalue weighted by Crippen LogP contribution is 2.07. The summed E-state index contributed by atoms with van der Waals surface area (Å²) < 4.78 is 4.83. The third-order valence-corrected chi connectivity index (χ3v) is 2.98. The first-order chi connectivity index (χ1) is 10.5. The minimum atomic E-state index is -1.40. The third-order valence-electron chi connectivity index (χ3n) is 2.61. The lowest BCUT2D eigenvalue weighted by Crippen LogP contribution is -3.03. The second-order valence-electron chi connectivity index (χ2n) is 4.22. The molecule has 9 heteroatoms. The molecule has 0 radical (unpaired) electrons. The van der Waals surface area contributed by atoms with E-state index in [0.29, 0.717) is 5.56 Å². The Hall–Kier alpha value is -1.65. The Bertz CT molecular complexity index is 511. The van der Waals surface area contributed by atoms with Crippen LogP contribution >= 0.6 is 12.6 Å². The van der Waals surface area contributed by atoms with Crippen molar-refractivity contribution in [3.05, 3.63) is 40.6 Å². The van der Waals surface area contributed by atoms with Crippen molar-refractivity contribution in [2.75, 3.05) is 12.4 Å². The van der Waals surface area contributed by atoms with Crippen LogP contribution in [0.15, 0.2) is 24.3 Å². The van der Waals surface area contributed by atoms with E-state index in [2.05, 4.69) is 22.8 Å². The van der Waals surface area contributed by atoms with Gasteiger partial charge in [-0.25, -0.2) is 4.79 Å². The van der Waals surface area contributed by atoms with Gasteiger partial charge >= 0.3 is 5.97 Å². The molecule has 1 aromatic rings. The van der Waals surface area contributed by atoms with Crippen molar-refractivity contribution in [2.24, 2.45) is 0 Å². The van der Waals surface area contributed by atoms with E-state index in [1.54, 1.807) is 25.1 Å². The van der Waals surface area contributed by atoms with E-state index >= 15 is 0 Å². The van der Waals surface area contributed by atoms with Crippen LogP contribution in [-0.2, 0) is 21.0 Å². The normalized spacial score (nSPS) is 13.3. The molecule has 3 N–H and O–H groups in total. The Morgan fingerprint density at radius 2 is 2.23 bits per heavy atom. The molecule has 0 bridgehead atoms. The number of carbonyl (C=O) groups is 2. The van der Waals surface area contributed by atoms with E-state index in [9.17, 15) is 14.8 Å². The number of esters is 1. The number of rotatable bonds is 8. The van der Waals surface area contributed by atoms with Crippen LogP contribution in [0.25, 0.3) is 0 Å². The molecule has 1 rings (SSSR count). The number of amides is 1. The van der Waals surface area contributed by atoms with Crippen molar-refractivity contribution in [1.29, 1.82) is 0 Å². The quantitative estimate of drug-likeness (QED) is 0.290. The standard InChI is InChI=1S/C13H18N2O6S/c1-2-20-13(17)11(8-22)14-12(16)10-5-3-4-9(6-10)7-21-15(18)19/h3-6,11,15,18,22H,2,7-8H2,1H3,(H,14,16)/t11-/m1/s1. The van der Waals surface area contributed by atoms with Gasteiger partial charge in [-0.05, 0) is 24.6 Å². The SMILES string of the molecule is CCOC(=O)[C@@H](CS)NC(=O)c1cccc(CO[NH+]([O-])O)c1. The molecular formula is C13H18N2O6S. The average molecular weight is 330 g/mol. The minimum absolute atomic E-state index is 0.104. The van der Waals surface area contributed by atoms with Gasteiger partial charge < -0.3 is 15.3 Å². The predicted molar refractivity (Wildman–Crippen MR) is 79.1 cm³/mol. The molecule has 0 heterocycles. The van der Waals surface area contributed by atoms with Crippen LogP contribution in [0.4, 0.5) is 0 Å². The molecule has 0 aliphatic heterocycles. The summed E-state index contributed by atoms with van der Waals surface area (Å²) in [5, 5.41) is 19.9. The minimum Gasteiger partial charge on any atom is -0.566 e. The zero-order chi connectivity index (χ0) is 16.5. The van der Waals surface area contributed by atoms with Crippen molar-refractivity contribution in [2.45, 2.75) is 19.6 Å². The van der Waals surface area contributed by atoms with Crippen molar-refractivity contribution in [1.82, 2.24) is 5.32 Å². The molecule has 22 heavy (non-hydrogen) atoms. The molecule has 0 fully saturated rings. The molecule has 0 aliphatic carbocycles. The number of ether oxygens (including phenoxy) is 1. The van der Waals surface area contributed by atoms with Gasteiger partial charge in [-0.15, -0.1) is 0 Å².